The lowest BCUT2D eigenvalue weighted by Crippen LogP contribution is -2.61. The number of benzene rings is 2. The van der Waals surface area contributed by atoms with Crippen molar-refractivity contribution in [3.63, 3.8) is 0 Å². The highest BCUT2D eigenvalue weighted by Gasteiger charge is 2.50. The number of esters is 1. The maximum Gasteiger partial charge on any atom is 0.411 e. The van der Waals surface area contributed by atoms with Crippen LogP contribution in [-0.4, -0.2) is 161 Å². The van der Waals surface area contributed by atoms with Crippen LogP contribution in [0.1, 0.15) is 71.2 Å². The fourth-order valence-electron chi connectivity index (χ4n) is 9.84. The van der Waals surface area contributed by atoms with E-state index in [9.17, 15) is 57.6 Å². The lowest BCUT2D eigenvalue weighted by Gasteiger charge is -2.38. The summed E-state index contributed by atoms with van der Waals surface area (Å²) < 4.78 is 75.4. The number of nitrogens with one attached hydrogen (secondary N) is 1. The number of nitrogens with two attached hydrogens (primary N) is 1. The first kappa shape index (κ1) is 56.1. The molecule has 0 spiro atoms. The van der Waals surface area contributed by atoms with Crippen LogP contribution in [0.2, 0.25) is 0 Å². The number of sulfone groups is 1. The summed E-state index contributed by atoms with van der Waals surface area (Å²) in [4.78, 5) is 87.2. The number of carbonyl (C=O) groups is 5. The van der Waals surface area contributed by atoms with Gasteiger partial charge < -0.3 is 69.4 Å². The summed E-state index contributed by atoms with van der Waals surface area (Å²) in [5.74, 6) is -2.95. The molecule has 0 bridgehead atoms. The van der Waals surface area contributed by atoms with Crippen molar-refractivity contribution in [2.24, 2.45) is 5.73 Å². The van der Waals surface area contributed by atoms with E-state index in [1.54, 1.807) is 19.9 Å². The molecule has 2 aromatic heterocycles. The Labute approximate surface area is 439 Å². The van der Waals surface area contributed by atoms with Crippen LogP contribution in [-0.2, 0) is 84.5 Å². The van der Waals surface area contributed by atoms with Crippen molar-refractivity contribution in [2.45, 2.75) is 102 Å². The molecule has 5 heterocycles. The van der Waals surface area contributed by atoms with Crippen LogP contribution in [0.4, 0.5) is 14.9 Å². The SMILES string of the molecule is C#CCOCCC(=O)N(C)CC(=O)Nc1cc(COC(=O)N(CCS(C)(=O)=O)CO[C@]2(CC)C(=O)OCc3c2cc2n(c3=O)Cc3c-2nc2cc(F)c(C)c4c2c3[C@@H](N)CC4)ccc1O[C@@H]1OC(C(=O)O)[C@H](O)C(O)C1O. The number of aryl methyl sites for hydroxylation is 1. The minimum absolute atomic E-state index is 0.0241. The number of rotatable bonds is 19. The molecule has 1 fully saturated rings. The van der Waals surface area contributed by atoms with Gasteiger partial charge in [-0.1, -0.05) is 18.9 Å². The molecule has 412 valence electrons. The number of cyclic esters (lactones) is 1. The highest BCUT2D eigenvalue weighted by Crippen LogP contribution is 2.46. The number of hydrogen-bond acceptors (Lipinski definition) is 19. The molecule has 26 heteroatoms. The average Bonchev–Trinajstić information content (AvgIpc) is 3.80. The predicted molar refractivity (Wildman–Crippen MR) is 267 cm³/mol. The summed E-state index contributed by atoms with van der Waals surface area (Å²) in [5, 5.41) is 44.2. The minimum Gasteiger partial charge on any atom is -0.479 e. The molecule has 3 amide bonds. The number of likely N-dealkylation sites (N-methyl/N-ethyl adjacent to an activating group) is 1. The maximum absolute atomic E-state index is 15.3. The van der Waals surface area contributed by atoms with E-state index in [2.05, 4.69) is 11.2 Å². The zero-order valence-electron chi connectivity index (χ0n) is 42.3. The van der Waals surface area contributed by atoms with Crippen LogP contribution in [0.15, 0.2) is 35.1 Å². The van der Waals surface area contributed by atoms with Crippen LogP contribution in [0.25, 0.3) is 22.3 Å². The van der Waals surface area contributed by atoms with E-state index < -0.39 is 132 Å². The molecule has 77 heavy (non-hydrogen) atoms. The first-order chi connectivity index (χ1) is 36.5. The molecule has 7 N–H and O–H groups in total. The Morgan fingerprint density at radius 3 is 2.55 bits per heavy atom. The van der Waals surface area contributed by atoms with Gasteiger partial charge in [0, 0.05) is 48.5 Å². The monoisotopic (exact) mass is 1090 g/mol. The number of anilines is 1. The first-order valence-electron chi connectivity index (χ1n) is 24.3. The molecule has 3 unspecified atom stereocenters. The summed E-state index contributed by atoms with van der Waals surface area (Å²) in [7, 11) is -2.41. The Morgan fingerprint density at radius 2 is 1.84 bits per heavy atom. The van der Waals surface area contributed by atoms with Gasteiger partial charge in [0.05, 0.1) is 60.0 Å². The van der Waals surface area contributed by atoms with Gasteiger partial charge in [-0.15, -0.1) is 6.42 Å². The van der Waals surface area contributed by atoms with Gasteiger partial charge in [0.2, 0.25) is 18.1 Å². The number of hydrogen-bond donors (Lipinski definition) is 6. The number of terminal acetylenes is 1. The standard InChI is InChI=1S/C51H57FN6O18S/c1-6-14-71-15-12-38(60)56(4)21-37(59)54-33-17-26(8-11-36(33)75-48-44(63)42(61)43(62)45(76-48)47(65)66)22-73-50(68)57(13-16-77(5,69)70)24-74-51(7-2)30-18-35-41-28(20-58(35)46(64)29(30)23-72-49(51)67)39-32(53)10-9-27-25(3)31(52)19-34(55-41)40(27)39/h1,8,11,17-19,32,42-45,48,61-63H,7,9-10,12-16,20-24,53H2,2-5H3,(H,54,59)(H,65,66)/t32-,42?,43+,44?,45?,48+,51-/m0/s1. The van der Waals surface area contributed by atoms with Gasteiger partial charge in [-0.25, -0.2) is 32.2 Å². The molecule has 1 aliphatic carbocycles. The van der Waals surface area contributed by atoms with Crippen LogP contribution in [0, 0.1) is 25.1 Å². The van der Waals surface area contributed by atoms with E-state index in [1.807, 2.05) is 0 Å². The average molecular weight is 1090 g/mol. The molecule has 2 aromatic carbocycles. The molecule has 0 saturated carbocycles. The zero-order valence-corrected chi connectivity index (χ0v) is 43.1. The number of ether oxygens (including phenoxy) is 6. The van der Waals surface area contributed by atoms with Crippen molar-refractivity contribution >= 4 is 56.3 Å². The fourth-order valence-corrected chi connectivity index (χ4v) is 10.4. The Morgan fingerprint density at radius 1 is 1.09 bits per heavy atom. The molecule has 7 atom stereocenters. The second-order valence-corrected chi connectivity index (χ2v) is 21.4. The highest BCUT2D eigenvalue weighted by molar-refractivity contribution is 7.90. The van der Waals surface area contributed by atoms with Crippen molar-refractivity contribution in [3.05, 3.63) is 85.4 Å². The number of aliphatic carboxylic acids is 1. The Hall–Kier alpha value is -7.09. The van der Waals surface area contributed by atoms with E-state index in [1.165, 1.54) is 35.9 Å². The smallest absolute Gasteiger partial charge is 0.411 e. The molecule has 8 rings (SSSR count). The lowest BCUT2D eigenvalue weighted by atomic mass is 9.82. The van der Waals surface area contributed by atoms with E-state index in [0.717, 1.165) is 32.6 Å². The number of carboxylic acid groups (broad SMARTS) is 1. The van der Waals surface area contributed by atoms with Gasteiger partial charge in [0.25, 0.3) is 5.56 Å². The number of aromatic nitrogens is 2. The lowest BCUT2D eigenvalue weighted by molar-refractivity contribution is -0.271. The van der Waals surface area contributed by atoms with Crippen molar-refractivity contribution in [2.75, 3.05) is 57.4 Å². The van der Waals surface area contributed by atoms with Crippen molar-refractivity contribution < 1.29 is 85.6 Å². The quantitative estimate of drug-likeness (QED) is 0.0289. The Balaban J connectivity index is 1.06. The van der Waals surface area contributed by atoms with E-state index in [4.69, 9.17) is 45.6 Å². The van der Waals surface area contributed by atoms with Crippen molar-refractivity contribution in [3.8, 4) is 29.5 Å². The van der Waals surface area contributed by atoms with Gasteiger partial charge in [0.1, 0.15) is 66.3 Å². The number of carboxylic acids is 1. The molecule has 24 nitrogen and oxygen atoms in total. The second kappa shape index (κ2) is 22.5. The number of pyridine rings is 2. The third-order valence-corrected chi connectivity index (χ3v) is 15.0. The number of aliphatic hydroxyl groups excluding tert-OH is 3. The van der Waals surface area contributed by atoms with Crippen molar-refractivity contribution in [1.82, 2.24) is 19.4 Å². The minimum atomic E-state index is -3.75. The number of amides is 3. The van der Waals surface area contributed by atoms with Crippen molar-refractivity contribution in [1.29, 1.82) is 0 Å². The molecular weight excluding hydrogens is 1040 g/mol. The van der Waals surface area contributed by atoms with E-state index in [-0.39, 0.29) is 60.7 Å². The van der Waals surface area contributed by atoms with Gasteiger partial charge in [-0.3, -0.25) is 19.3 Å². The summed E-state index contributed by atoms with van der Waals surface area (Å²) in [6.45, 7) is 0.481. The van der Waals surface area contributed by atoms with Gasteiger partial charge in [-0.2, -0.15) is 0 Å². The van der Waals surface area contributed by atoms with Crippen LogP contribution in [0.3, 0.4) is 0 Å². The van der Waals surface area contributed by atoms with Crippen LogP contribution < -0.4 is 21.3 Å². The molecule has 3 aliphatic heterocycles. The topological polar surface area (TPSA) is 335 Å². The van der Waals surface area contributed by atoms with Gasteiger partial charge in [-0.05, 0) is 66.6 Å². The molecule has 1 saturated heterocycles. The number of halogens is 1. The molecule has 0 radical (unpaired) electrons. The highest BCUT2D eigenvalue weighted by atomic mass is 32.2. The van der Waals surface area contributed by atoms with Gasteiger partial charge in [0.15, 0.2) is 11.7 Å². The van der Waals surface area contributed by atoms with E-state index >= 15 is 4.39 Å². The Bertz CT molecular complexity index is 3270. The van der Waals surface area contributed by atoms with Crippen LogP contribution >= 0.6 is 0 Å². The number of nitrogens with zero attached hydrogens (tertiary/aromatic N) is 4. The summed E-state index contributed by atoms with van der Waals surface area (Å²) in [5.41, 5.74) is 8.06. The third-order valence-electron chi connectivity index (χ3n) is 14.0. The number of carbonyl (C=O) groups excluding carboxylic acids is 4. The summed E-state index contributed by atoms with van der Waals surface area (Å²) >= 11 is 0. The summed E-state index contributed by atoms with van der Waals surface area (Å²) in [6, 6.07) is 6.26. The zero-order chi connectivity index (χ0) is 55.8. The molecule has 4 aliphatic rings. The fraction of sp³-hybridized carbons (Fsp3) is 0.471. The predicted octanol–water partition coefficient (Wildman–Crippen LogP) is 0.846. The summed E-state index contributed by atoms with van der Waals surface area (Å²) in [6.07, 6.45) is -4.30. The molecule has 4 aromatic rings. The number of fused-ring (bicyclic) bond motifs is 5. The first-order valence-corrected chi connectivity index (χ1v) is 26.4. The van der Waals surface area contributed by atoms with E-state index in [0.29, 0.717) is 40.9 Å². The largest absolute Gasteiger partial charge is 0.479 e. The molecular formula is C51H57FN6O18S. The maximum atomic E-state index is 15.3. The van der Waals surface area contributed by atoms with Gasteiger partial charge >= 0.3 is 18.0 Å². The third kappa shape index (κ3) is 11.2. The normalized spacial score (nSPS) is 22.2. The second-order valence-electron chi connectivity index (χ2n) is 19.1. The Kier molecular flexibility index (Phi) is 16.4. The number of aliphatic hydroxyl groups is 3. The van der Waals surface area contributed by atoms with Crippen LogP contribution in [0.5, 0.6) is 5.75 Å².